The molecule has 0 radical (unpaired) electrons. The molecule has 0 saturated carbocycles. The molecule has 1 aromatic heterocycles. The van der Waals surface area contributed by atoms with E-state index in [2.05, 4.69) is 175 Å². The Kier molecular flexibility index (Phi) is 21.6. The zero-order chi connectivity index (χ0) is 37.2. The second-order valence-corrected chi connectivity index (χ2v) is 15.8. The normalized spacial score (nSPS) is 12.3. The van der Waals surface area contributed by atoms with Crippen LogP contribution < -0.4 is 19.4 Å². The highest BCUT2D eigenvalue weighted by Gasteiger charge is 2.06. The van der Waals surface area contributed by atoms with Gasteiger partial charge in [0.1, 0.15) is 13.1 Å². The number of hydrogen-bond acceptors (Lipinski definition) is 6. The second-order valence-electron chi connectivity index (χ2n) is 13.1. The van der Waals surface area contributed by atoms with E-state index in [-0.39, 0.29) is 0 Å². The Morgan fingerprint density at radius 2 is 1.12 bits per heavy atom. The standard InChI is InChI=1S/C44H63N6S2/c1-7-45-30-14-11-9-10-12-18-40-20-25-42(26-21-40)48(5)33-16-31-46(3)36-38-51-52-39-37-47(4)32-17-34-49(6)43-27-22-41(23-28-43)24-29-44-19-13-15-35-50(44)8-2/h9-15,18-30,35H,7-8,16-17,31-34,36-39H2,1-6H3/q+1/p+1/b10-9+,14-11-,18-12+,45-30?. The highest BCUT2D eigenvalue weighted by molar-refractivity contribution is 8.76. The third kappa shape index (κ3) is 17.8. The number of pyridine rings is 1. The first-order chi connectivity index (χ1) is 25.4. The summed E-state index contributed by atoms with van der Waals surface area (Å²) in [5.41, 5.74) is 6.20. The first kappa shape index (κ1) is 42.8. The molecular formula is C44H64N6S2+2. The fourth-order valence-electron chi connectivity index (χ4n) is 5.53. The zero-order valence-electron chi connectivity index (χ0n) is 32.7. The molecule has 0 unspecified atom stereocenters. The molecule has 0 spiro atoms. The van der Waals surface area contributed by atoms with E-state index < -0.39 is 0 Å². The van der Waals surface area contributed by atoms with E-state index >= 15 is 0 Å². The van der Waals surface area contributed by atoms with E-state index in [9.17, 15) is 0 Å². The van der Waals surface area contributed by atoms with Crippen molar-refractivity contribution in [2.75, 3.05) is 95.3 Å². The molecule has 3 rings (SSSR count). The van der Waals surface area contributed by atoms with Crippen molar-refractivity contribution in [3.05, 3.63) is 120 Å². The quantitative estimate of drug-likeness (QED) is 0.0330. The van der Waals surface area contributed by atoms with Crippen LogP contribution >= 0.6 is 21.6 Å². The Labute approximate surface area is 324 Å². The summed E-state index contributed by atoms with van der Waals surface area (Å²) < 4.78 is 2.25. The van der Waals surface area contributed by atoms with Gasteiger partial charge in [-0.3, -0.25) is 0 Å². The average Bonchev–Trinajstić information content (AvgIpc) is 3.16. The van der Waals surface area contributed by atoms with Crippen molar-refractivity contribution in [3.63, 3.8) is 0 Å². The molecule has 3 aromatic rings. The fraction of sp³-hybridized carbons (Fsp3) is 0.409. The molecule has 0 saturated heterocycles. The van der Waals surface area contributed by atoms with Gasteiger partial charge < -0.3 is 19.6 Å². The van der Waals surface area contributed by atoms with Crippen molar-refractivity contribution < 1.29 is 9.56 Å². The van der Waals surface area contributed by atoms with Crippen LogP contribution in [0, 0.1) is 0 Å². The van der Waals surface area contributed by atoms with E-state index in [1.807, 2.05) is 46.0 Å². The summed E-state index contributed by atoms with van der Waals surface area (Å²) in [6.07, 6.45) is 23.1. The monoisotopic (exact) mass is 740 g/mol. The largest absolute Gasteiger partial charge is 0.375 e. The second kappa shape index (κ2) is 26.2. The summed E-state index contributed by atoms with van der Waals surface area (Å²) in [6, 6.07) is 24.0. The molecule has 0 amide bonds. The van der Waals surface area contributed by atoms with E-state index in [1.165, 1.54) is 39.7 Å². The highest BCUT2D eigenvalue weighted by atomic mass is 33.1. The van der Waals surface area contributed by atoms with Gasteiger partial charge in [0, 0.05) is 87.4 Å². The van der Waals surface area contributed by atoms with Crippen LogP contribution in [0.5, 0.6) is 0 Å². The minimum atomic E-state index is 0.945. The Balaban J connectivity index is 1.19. The summed E-state index contributed by atoms with van der Waals surface area (Å²) in [5.74, 6) is 2.33. The lowest BCUT2D eigenvalue weighted by Gasteiger charge is -2.22. The number of aromatic nitrogens is 1. The lowest BCUT2D eigenvalue weighted by molar-refractivity contribution is -0.695. The average molecular weight is 741 g/mol. The Hall–Kier alpha value is -3.56. The smallest absolute Gasteiger partial charge is 0.205 e. The number of nitrogens with one attached hydrogen (secondary N) is 1. The third-order valence-electron chi connectivity index (χ3n) is 8.84. The Morgan fingerprint density at radius 3 is 1.67 bits per heavy atom. The molecule has 0 atom stereocenters. The first-order valence-corrected chi connectivity index (χ1v) is 21.4. The summed E-state index contributed by atoms with van der Waals surface area (Å²) in [7, 11) is 12.9. The predicted molar refractivity (Wildman–Crippen MR) is 235 cm³/mol. The van der Waals surface area contributed by atoms with Crippen LogP contribution in [-0.2, 0) is 6.54 Å². The Morgan fingerprint density at radius 1 is 0.577 bits per heavy atom. The lowest BCUT2D eigenvalue weighted by atomic mass is 10.1. The fourth-order valence-corrected chi connectivity index (χ4v) is 7.69. The molecule has 0 aliphatic heterocycles. The van der Waals surface area contributed by atoms with Gasteiger partial charge in [-0.05, 0) is 101 Å². The summed E-state index contributed by atoms with van der Waals surface area (Å²) >= 11 is 0. The first-order valence-electron chi connectivity index (χ1n) is 18.9. The number of rotatable bonds is 25. The van der Waals surface area contributed by atoms with Crippen LogP contribution in [0.4, 0.5) is 11.4 Å². The van der Waals surface area contributed by atoms with Gasteiger partial charge >= 0.3 is 0 Å². The molecule has 6 nitrogen and oxygen atoms in total. The Bertz CT molecular complexity index is 1530. The van der Waals surface area contributed by atoms with Crippen LogP contribution in [0.3, 0.4) is 0 Å². The maximum atomic E-state index is 3.15. The number of anilines is 2. The summed E-state index contributed by atoms with van der Waals surface area (Å²) in [6.45, 7) is 12.8. The van der Waals surface area contributed by atoms with Crippen LogP contribution in [-0.4, -0.2) is 102 Å². The molecule has 0 fully saturated rings. The molecule has 0 aliphatic carbocycles. The highest BCUT2D eigenvalue weighted by Crippen LogP contribution is 2.21. The molecule has 8 heteroatoms. The molecule has 1 heterocycles. The van der Waals surface area contributed by atoms with Crippen LogP contribution in [0.1, 0.15) is 43.5 Å². The maximum absolute atomic E-state index is 3.15. The number of nitrogens with zero attached hydrogens (tertiary/aromatic N) is 5. The SMILES string of the molecule is CC[NH+]=C\C=C/C=C/C=C/c1ccc(N(C)CCCN(C)CCSSCCN(C)CCCN(C)c2ccc(/C=C/c3cccc[n+]3CC)cc2)cc1. The van der Waals surface area contributed by atoms with Gasteiger partial charge in [0.25, 0.3) is 0 Å². The van der Waals surface area contributed by atoms with E-state index in [0.717, 1.165) is 65.2 Å². The summed E-state index contributed by atoms with van der Waals surface area (Å²) in [4.78, 5) is 12.8. The molecule has 52 heavy (non-hydrogen) atoms. The van der Waals surface area contributed by atoms with Gasteiger partial charge in [0.05, 0.1) is 0 Å². The zero-order valence-corrected chi connectivity index (χ0v) is 34.3. The van der Waals surface area contributed by atoms with Crippen molar-refractivity contribution in [2.45, 2.75) is 33.2 Å². The number of allylic oxidation sites excluding steroid dienone is 5. The lowest BCUT2D eigenvalue weighted by Crippen LogP contribution is -2.67. The molecule has 2 aromatic carbocycles. The number of hydrogen-bond donors (Lipinski definition) is 1. The molecule has 280 valence electrons. The van der Waals surface area contributed by atoms with Crippen LogP contribution in [0.15, 0.2) is 103 Å². The van der Waals surface area contributed by atoms with Gasteiger partial charge in [0.15, 0.2) is 12.4 Å². The van der Waals surface area contributed by atoms with E-state index in [4.69, 9.17) is 0 Å². The topological polar surface area (TPSA) is 30.8 Å². The van der Waals surface area contributed by atoms with Gasteiger partial charge in [-0.1, -0.05) is 76.2 Å². The number of benzene rings is 2. The van der Waals surface area contributed by atoms with Gasteiger partial charge in [-0.15, -0.1) is 0 Å². The van der Waals surface area contributed by atoms with Crippen LogP contribution in [0.2, 0.25) is 0 Å². The minimum Gasteiger partial charge on any atom is -0.375 e. The minimum absolute atomic E-state index is 0.945. The van der Waals surface area contributed by atoms with Gasteiger partial charge in [-0.2, -0.15) is 4.57 Å². The van der Waals surface area contributed by atoms with Crippen molar-refractivity contribution in [1.82, 2.24) is 9.80 Å². The molecule has 0 aliphatic rings. The molecule has 1 N–H and O–H groups in total. The van der Waals surface area contributed by atoms with Crippen molar-refractivity contribution in [2.24, 2.45) is 0 Å². The van der Waals surface area contributed by atoms with E-state index in [1.54, 1.807) is 0 Å². The van der Waals surface area contributed by atoms with Crippen molar-refractivity contribution in [3.8, 4) is 0 Å². The van der Waals surface area contributed by atoms with Gasteiger partial charge in [-0.25, -0.2) is 4.99 Å². The molecular weight excluding hydrogens is 677 g/mol. The molecule has 0 bridgehead atoms. The third-order valence-corrected chi connectivity index (χ3v) is 11.2. The predicted octanol–water partition coefficient (Wildman–Crippen LogP) is 7.06. The van der Waals surface area contributed by atoms with Crippen LogP contribution in [0.25, 0.3) is 18.2 Å². The maximum Gasteiger partial charge on any atom is 0.205 e. The summed E-state index contributed by atoms with van der Waals surface area (Å²) in [5, 5.41) is 0. The van der Waals surface area contributed by atoms with Gasteiger partial charge in [0.2, 0.25) is 5.69 Å². The van der Waals surface area contributed by atoms with Crippen molar-refractivity contribution in [1.29, 1.82) is 0 Å². The van der Waals surface area contributed by atoms with E-state index in [0.29, 0.717) is 0 Å². The number of aryl methyl sites for hydroxylation is 1. The van der Waals surface area contributed by atoms with Crippen molar-refractivity contribution >= 4 is 57.4 Å².